The third kappa shape index (κ3) is 6.78. The number of hydroxylamine groups is 2. The quantitative estimate of drug-likeness (QED) is 0.540. The van der Waals surface area contributed by atoms with Crippen LogP contribution in [0.5, 0.6) is 0 Å². The van der Waals surface area contributed by atoms with Gasteiger partial charge in [-0.2, -0.15) is 5.06 Å². The second kappa shape index (κ2) is 9.43. The van der Waals surface area contributed by atoms with Crippen molar-refractivity contribution in [1.82, 2.24) is 10.4 Å². The van der Waals surface area contributed by atoms with E-state index in [9.17, 15) is 0 Å². The van der Waals surface area contributed by atoms with Crippen molar-refractivity contribution in [2.24, 2.45) is 5.92 Å². The summed E-state index contributed by atoms with van der Waals surface area (Å²) in [5.74, 6) is 0.609. The maximum absolute atomic E-state index is 6.32. The molecule has 0 saturated carbocycles. The van der Waals surface area contributed by atoms with Crippen LogP contribution < -0.4 is 5.32 Å². The number of halogens is 1. The predicted octanol–water partition coefficient (Wildman–Crippen LogP) is 4.06. The van der Waals surface area contributed by atoms with Crippen molar-refractivity contribution in [3.63, 3.8) is 0 Å². The van der Waals surface area contributed by atoms with Crippen molar-refractivity contribution in [3.8, 4) is 0 Å². The highest BCUT2D eigenvalue weighted by Gasteiger charge is 2.09. The Morgan fingerprint density at radius 3 is 2.90 bits per heavy atom. The molecule has 0 radical (unpaired) electrons. The second-order valence-corrected chi connectivity index (χ2v) is 6.11. The molecule has 1 N–H and O–H groups in total. The topological polar surface area (TPSA) is 24.5 Å². The summed E-state index contributed by atoms with van der Waals surface area (Å²) in [6.07, 6.45) is 7.74. The van der Waals surface area contributed by atoms with Crippen LogP contribution in [0.4, 0.5) is 0 Å². The molecule has 116 valence electrons. The largest absolute Gasteiger partial charge is 0.384 e. The van der Waals surface area contributed by atoms with Crippen LogP contribution in [-0.4, -0.2) is 30.8 Å². The van der Waals surface area contributed by atoms with E-state index < -0.39 is 0 Å². The number of rotatable bonds is 8. The lowest BCUT2D eigenvalue weighted by Crippen LogP contribution is -2.30. The van der Waals surface area contributed by atoms with Gasteiger partial charge in [0.05, 0.1) is 6.10 Å². The number of nitrogens with one attached hydrogen (secondary N) is 1. The summed E-state index contributed by atoms with van der Waals surface area (Å²) in [7, 11) is 0. The van der Waals surface area contributed by atoms with Gasteiger partial charge in [-0.1, -0.05) is 31.5 Å². The Morgan fingerprint density at radius 2 is 2.25 bits per heavy atom. The lowest BCUT2D eigenvalue weighted by Gasteiger charge is -2.22. The number of hydrogen-bond donors (Lipinski definition) is 1. The Bertz CT molecular complexity index is 339. The molecule has 1 unspecified atom stereocenters. The van der Waals surface area contributed by atoms with Crippen LogP contribution >= 0.6 is 11.6 Å². The van der Waals surface area contributed by atoms with Gasteiger partial charge in [-0.15, -0.1) is 0 Å². The van der Waals surface area contributed by atoms with E-state index in [1.54, 1.807) is 0 Å². The highest BCUT2D eigenvalue weighted by molar-refractivity contribution is 6.30. The Balaban J connectivity index is 2.30. The molecule has 1 aliphatic carbocycles. The SMILES string of the molecule is CCN(CCCNC1=C(Cl)CCC(C)C=C1)OC(C)C. The molecule has 4 heteroatoms. The molecule has 0 amide bonds. The molecule has 0 saturated heterocycles. The molecule has 20 heavy (non-hydrogen) atoms. The van der Waals surface area contributed by atoms with E-state index in [4.69, 9.17) is 16.4 Å². The summed E-state index contributed by atoms with van der Waals surface area (Å²) in [6.45, 7) is 11.2. The summed E-state index contributed by atoms with van der Waals surface area (Å²) in [4.78, 5) is 5.70. The predicted molar refractivity (Wildman–Crippen MR) is 86.5 cm³/mol. The van der Waals surface area contributed by atoms with Crippen LogP contribution in [0.2, 0.25) is 0 Å². The fourth-order valence-corrected chi connectivity index (χ4v) is 2.39. The van der Waals surface area contributed by atoms with Crippen molar-refractivity contribution in [2.45, 2.75) is 53.1 Å². The molecule has 0 aliphatic heterocycles. The molecule has 0 aromatic heterocycles. The summed E-state index contributed by atoms with van der Waals surface area (Å²) >= 11 is 6.32. The van der Waals surface area contributed by atoms with Gasteiger partial charge in [-0.3, -0.25) is 4.84 Å². The maximum atomic E-state index is 6.32. The van der Waals surface area contributed by atoms with Crippen LogP contribution in [-0.2, 0) is 4.84 Å². The minimum Gasteiger partial charge on any atom is -0.384 e. The molecule has 0 aromatic carbocycles. The van der Waals surface area contributed by atoms with Crippen LogP contribution in [0.3, 0.4) is 0 Å². The Hall–Kier alpha value is -0.510. The lowest BCUT2D eigenvalue weighted by molar-refractivity contribution is -0.184. The van der Waals surface area contributed by atoms with Gasteiger partial charge in [-0.05, 0) is 45.1 Å². The van der Waals surface area contributed by atoms with Gasteiger partial charge in [0.15, 0.2) is 0 Å². The van der Waals surface area contributed by atoms with E-state index in [-0.39, 0.29) is 6.10 Å². The molecular weight excluding hydrogens is 272 g/mol. The van der Waals surface area contributed by atoms with Crippen molar-refractivity contribution in [3.05, 3.63) is 22.9 Å². The molecule has 1 aliphatic rings. The molecule has 0 fully saturated rings. The zero-order chi connectivity index (χ0) is 15.0. The Kier molecular flexibility index (Phi) is 8.27. The lowest BCUT2D eigenvalue weighted by atomic mass is 10.1. The maximum Gasteiger partial charge on any atom is 0.0737 e. The average Bonchev–Trinajstić information content (AvgIpc) is 2.56. The number of allylic oxidation sites excluding steroid dienone is 3. The van der Waals surface area contributed by atoms with Crippen molar-refractivity contribution >= 4 is 11.6 Å². The van der Waals surface area contributed by atoms with Crippen LogP contribution in [0.15, 0.2) is 22.9 Å². The summed E-state index contributed by atoms with van der Waals surface area (Å²) in [6, 6.07) is 0. The molecule has 1 atom stereocenters. The first kappa shape index (κ1) is 17.5. The van der Waals surface area contributed by atoms with Gasteiger partial charge in [0.1, 0.15) is 0 Å². The van der Waals surface area contributed by atoms with E-state index in [1.807, 2.05) is 5.06 Å². The fraction of sp³-hybridized carbons (Fsp3) is 0.750. The minimum atomic E-state index is 0.242. The monoisotopic (exact) mass is 300 g/mol. The molecule has 1 rings (SSSR count). The van der Waals surface area contributed by atoms with E-state index in [2.05, 4.69) is 45.2 Å². The molecule has 0 bridgehead atoms. The Morgan fingerprint density at radius 1 is 1.50 bits per heavy atom. The van der Waals surface area contributed by atoms with Gasteiger partial charge in [-0.25, -0.2) is 0 Å². The fourth-order valence-electron chi connectivity index (χ4n) is 2.15. The number of nitrogens with zero attached hydrogens (tertiary/aromatic N) is 1. The zero-order valence-corrected chi connectivity index (χ0v) is 14.0. The first-order chi connectivity index (χ1) is 9.52. The molecule has 0 spiro atoms. The third-order valence-electron chi connectivity index (χ3n) is 3.32. The zero-order valence-electron chi connectivity index (χ0n) is 13.3. The minimum absolute atomic E-state index is 0.242. The van der Waals surface area contributed by atoms with E-state index >= 15 is 0 Å². The van der Waals surface area contributed by atoms with Crippen molar-refractivity contribution in [2.75, 3.05) is 19.6 Å². The summed E-state index contributed by atoms with van der Waals surface area (Å²) < 4.78 is 0. The van der Waals surface area contributed by atoms with Gasteiger partial charge in [0.25, 0.3) is 0 Å². The highest BCUT2D eigenvalue weighted by atomic mass is 35.5. The van der Waals surface area contributed by atoms with E-state index in [0.717, 1.165) is 49.6 Å². The van der Waals surface area contributed by atoms with Crippen LogP contribution in [0, 0.1) is 5.92 Å². The van der Waals surface area contributed by atoms with Gasteiger partial charge in [0, 0.05) is 30.4 Å². The molecule has 3 nitrogen and oxygen atoms in total. The van der Waals surface area contributed by atoms with Crippen LogP contribution in [0.25, 0.3) is 0 Å². The molecule has 0 heterocycles. The number of hydrogen-bond acceptors (Lipinski definition) is 3. The van der Waals surface area contributed by atoms with E-state index in [0.29, 0.717) is 5.92 Å². The van der Waals surface area contributed by atoms with Gasteiger partial charge < -0.3 is 5.32 Å². The smallest absolute Gasteiger partial charge is 0.0737 e. The first-order valence-corrected chi connectivity index (χ1v) is 8.13. The molecule has 0 aromatic rings. The van der Waals surface area contributed by atoms with Gasteiger partial charge >= 0.3 is 0 Å². The first-order valence-electron chi connectivity index (χ1n) is 7.75. The third-order valence-corrected chi connectivity index (χ3v) is 3.71. The van der Waals surface area contributed by atoms with Crippen LogP contribution in [0.1, 0.15) is 47.0 Å². The highest BCUT2D eigenvalue weighted by Crippen LogP contribution is 2.23. The average molecular weight is 301 g/mol. The summed E-state index contributed by atoms with van der Waals surface area (Å²) in [5, 5.41) is 6.42. The van der Waals surface area contributed by atoms with Gasteiger partial charge in [0.2, 0.25) is 0 Å². The van der Waals surface area contributed by atoms with Crippen molar-refractivity contribution < 1.29 is 4.84 Å². The summed E-state index contributed by atoms with van der Waals surface area (Å²) in [5.41, 5.74) is 1.09. The second-order valence-electron chi connectivity index (χ2n) is 5.65. The standard InChI is InChI=1S/C16H29ClN2O/c1-5-19(20-13(2)3)12-6-11-18-16-10-8-14(4)7-9-15(16)17/h8,10,13-14,18H,5-7,9,11-12H2,1-4H3. The Labute approximate surface area is 129 Å². The molecular formula is C16H29ClN2O. The van der Waals surface area contributed by atoms with E-state index in [1.165, 1.54) is 0 Å². The van der Waals surface area contributed by atoms with Crippen molar-refractivity contribution in [1.29, 1.82) is 0 Å². The normalized spacial score (nSPS) is 19.9.